The average molecular weight is 345 g/mol. The summed E-state index contributed by atoms with van der Waals surface area (Å²) in [5.74, 6) is -0.813. The molecular formula is C6H12AuO2S. The molecule has 4 heteroatoms. The number of carbonyl (C=O) groups is 1. The zero-order valence-corrected chi connectivity index (χ0v) is 8.86. The van der Waals surface area contributed by atoms with Gasteiger partial charge in [-0.1, -0.05) is 19.8 Å². The Morgan fingerprint density at radius 1 is 1.70 bits per heavy atom. The van der Waals surface area contributed by atoms with Crippen LogP contribution in [0.15, 0.2) is 0 Å². The quantitative estimate of drug-likeness (QED) is 0.599. The maximum Gasteiger partial charge on any atom is 0.316 e. The molecule has 2 nitrogen and oxygen atoms in total. The molecule has 0 saturated carbocycles. The van der Waals surface area contributed by atoms with E-state index in [0.29, 0.717) is 6.42 Å². The zero-order chi connectivity index (χ0) is 7.28. The van der Waals surface area contributed by atoms with Crippen molar-refractivity contribution in [2.24, 2.45) is 0 Å². The van der Waals surface area contributed by atoms with Gasteiger partial charge in [0.15, 0.2) is 0 Å². The van der Waals surface area contributed by atoms with Crippen LogP contribution in [-0.2, 0) is 27.2 Å². The van der Waals surface area contributed by atoms with Crippen molar-refractivity contribution in [2.75, 3.05) is 0 Å². The molecule has 0 aromatic rings. The summed E-state index contributed by atoms with van der Waals surface area (Å²) in [4.78, 5) is 10.1. The molecule has 0 amide bonds. The third-order valence-electron chi connectivity index (χ3n) is 1.12. The molecular weight excluding hydrogens is 333 g/mol. The molecule has 1 radical (unpaired) electrons. The molecule has 0 heterocycles. The molecule has 0 saturated heterocycles. The number of aliphatic carboxylic acids is 1. The van der Waals surface area contributed by atoms with Crippen molar-refractivity contribution in [2.45, 2.75) is 31.4 Å². The van der Waals surface area contributed by atoms with Crippen LogP contribution in [0.25, 0.3) is 0 Å². The first-order valence-corrected chi connectivity index (χ1v) is 3.61. The van der Waals surface area contributed by atoms with E-state index in [-0.39, 0.29) is 22.4 Å². The molecule has 0 rings (SSSR count). The first kappa shape index (κ1) is 13.2. The third-order valence-corrected chi connectivity index (χ3v) is 1.60. The second-order valence-electron chi connectivity index (χ2n) is 2.00. The van der Waals surface area contributed by atoms with Crippen LogP contribution in [0.2, 0.25) is 0 Å². The molecule has 0 spiro atoms. The first-order valence-electron chi connectivity index (χ1n) is 3.09. The Labute approximate surface area is 82.3 Å². The summed E-state index contributed by atoms with van der Waals surface area (Å²) in [6.07, 6.45) is 2.65. The van der Waals surface area contributed by atoms with E-state index in [0.717, 1.165) is 12.8 Å². The Morgan fingerprint density at radius 2 is 2.20 bits per heavy atom. The van der Waals surface area contributed by atoms with E-state index in [1.54, 1.807) is 0 Å². The summed E-state index contributed by atoms with van der Waals surface area (Å²) in [7, 11) is 0. The van der Waals surface area contributed by atoms with E-state index in [2.05, 4.69) is 12.6 Å². The van der Waals surface area contributed by atoms with E-state index < -0.39 is 11.2 Å². The zero-order valence-electron chi connectivity index (χ0n) is 5.80. The molecule has 0 aliphatic carbocycles. The van der Waals surface area contributed by atoms with Crippen LogP contribution in [0, 0.1) is 0 Å². The van der Waals surface area contributed by atoms with Crippen LogP contribution in [0.4, 0.5) is 0 Å². The van der Waals surface area contributed by atoms with Crippen molar-refractivity contribution in [1.82, 2.24) is 0 Å². The summed E-state index contributed by atoms with van der Waals surface area (Å²) in [6, 6.07) is 0. The largest absolute Gasteiger partial charge is 0.480 e. The summed E-state index contributed by atoms with van der Waals surface area (Å²) in [5, 5.41) is 7.86. The van der Waals surface area contributed by atoms with Crippen molar-refractivity contribution < 1.29 is 32.3 Å². The van der Waals surface area contributed by atoms with Gasteiger partial charge in [0.05, 0.1) is 5.25 Å². The Balaban J connectivity index is 0. The molecule has 10 heavy (non-hydrogen) atoms. The molecule has 1 atom stereocenters. The molecule has 0 aromatic heterocycles. The van der Waals surface area contributed by atoms with E-state index in [1.165, 1.54) is 0 Å². The van der Waals surface area contributed by atoms with Crippen LogP contribution in [-0.4, -0.2) is 16.3 Å². The van der Waals surface area contributed by atoms with Crippen LogP contribution >= 0.6 is 12.6 Å². The van der Waals surface area contributed by atoms with Gasteiger partial charge in [-0.2, -0.15) is 12.6 Å². The monoisotopic (exact) mass is 345 g/mol. The SMILES string of the molecule is CCCCC(S)C(=O)O.[Au]. The molecule has 0 bridgehead atoms. The minimum atomic E-state index is -0.813. The van der Waals surface area contributed by atoms with Gasteiger partial charge in [0.2, 0.25) is 0 Å². The van der Waals surface area contributed by atoms with E-state index in [9.17, 15) is 4.79 Å². The topological polar surface area (TPSA) is 37.3 Å². The second-order valence-corrected chi connectivity index (χ2v) is 2.62. The molecule has 0 aliphatic rings. The van der Waals surface area contributed by atoms with Gasteiger partial charge in [0.25, 0.3) is 0 Å². The molecule has 0 fully saturated rings. The summed E-state index contributed by atoms with van der Waals surface area (Å²) >= 11 is 3.86. The third kappa shape index (κ3) is 6.68. The van der Waals surface area contributed by atoms with Crippen LogP contribution < -0.4 is 0 Å². The maximum absolute atomic E-state index is 10.1. The standard InChI is InChI=1S/C6H12O2S.Au/c1-2-3-4-5(9)6(7)8;/h5,9H,2-4H2,1H3,(H,7,8);. The maximum atomic E-state index is 10.1. The molecule has 1 N–H and O–H groups in total. The van der Waals surface area contributed by atoms with Gasteiger partial charge in [0.1, 0.15) is 0 Å². The van der Waals surface area contributed by atoms with Gasteiger partial charge in [-0.25, -0.2) is 0 Å². The summed E-state index contributed by atoms with van der Waals surface area (Å²) in [6.45, 7) is 2.03. The predicted octanol–water partition coefficient (Wildman–Crippen LogP) is 1.56. The summed E-state index contributed by atoms with van der Waals surface area (Å²) < 4.78 is 0. The Hall–Kier alpha value is 0.560. The fourth-order valence-electron chi connectivity index (χ4n) is 0.521. The van der Waals surface area contributed by atoms with Crippen LogP contribution in [0.1, 0.15) is 26.2 Å². The average Bonchev–Trinajstić information content (AvgIpc) is 1.82. The number of thiol groups is 1. The van der Waals surface area contributed by atoms with Crippen molar-refractivity contribution in [3.05, 3.63) is 0 Å². The number of hydrogen-bond donors (Lipinski definition) is 2. The van der Waals surface area contributed by atoms with E-state index in [1.807, 2.05) is 6.92 Å². The van der Waals surface area contributed by atoms with Crippen LogP contribution in [0.3, 0.4) is 0 Å². The smallest absolute Gasteiger partial charge is 0.316 e. The van der Waals surface area contributed by atoms with Crippen molar-refractivity contribution in [3.63, 3.8) is 0 Å². The van der Waals surface area contributed by atoms with E-state index in [4.69, 9.17) is 5.11 Å². The van der Waals surface area contributed by atoms with E-state index >= 15 is 0 Å². The molecule has 65 valence electrons. The summed E-state index contributed by atoms with van der Waals surface area (Å²) in [5.41, 5.74) is 0. The van der Waals surface area contributed by atoms with Gasteiger partial charge in [-0.15, -0.1) is 0 Å². The molecule has 1 unspecified atom stereocenters. The fraction of sp³-hybridized carbons (Fsp3) is 0.833. The van der Waals surface area contributed by atoms with Crippen molar-refractivity contribution >= 4 is 18.6 Å². The minimum Gasteiger partial charge on any atom is -0.480 e. The van der Waals surface area contributed by atoms with Gasteiger partial charge in [-0.05, 0) is 6.42 Å². The fourth-order valence-corrected chi connectivity index (χ4v) is 0.704. The number of hydrogen-bond acceptors (Lipinski definition) is 2. The number of rotatable bonds is 4. The Kier molecular flexibility index (Phi) is 10.1. The van der Waals surface area contributed by atoms with Gasteiger partial charge in [-0.3, -0.25) is 4.79 Å². The van der Waals surface area contributed by atoms with Crippen LogP contribution in [0.5, 0.6) is 0 Å². The minimum absolute atomic E-state index is 0. The Morgan fingerprint density at radius 3 is 2.50 bits per heavy atom. The van der Waals surface area contributed by atoms with Gasteiger partial charge in [0, 0.05) is 22.4 Å². The number of carboxylic acid groups (broad SMARTS) is 1. The molecule has 0 aromatic carbocycles. The normalized spacial score (nSPS) is 11.8. The van der Waals surface area contributed by atoms with Gasteiger partial charge < -0.3 is 5.11 Å². The predicted molar refractivity (Wildman–Crippen MR) is 39.9 cm³/mol. The second kappa shape index (κ2) is 7.66. The first-order chi connectivity index (χ1) is 4.18. The van der Waals surface area contributed by atoms with Gasteiger partial charge >= 0.3 is 5.97 Å². The number of unbranched alkanes of at least 4 members (excludes halogenated alkanes) is 1. The van der Waals surface area contributed by atoms with Crippen molar-refractivity contribution in [3.8, 4) is 0 Å². The van der Waals surface area contributed by atoms with Crippen molar-refractivity contribution in [1.29, 1.82) is 0 Å². The molecule has 0 aliphatic heterocycles. The number of carboxylic acids is 1. The Bertz CT molecular complexity index is 97.7.